The van der Waals surface area contributed by atoms with Crippen molar-refractivity contribution in [1.82, 2.24) is 0 Å². The van der Waals surface area contributed by atoms with Crippen molar-refractivity contribution in [3.63, 3.8) is 0 Å². The lowest BCUT2D eigenvalue weighted by Crippen LogP contribution is -2.12. The molecule has 0 N–H and O–H groups in total. The van der Waals surface area contributed by atoms with Gasteiger partial charge in [-0.05, 0) is 79.6 Å². The number of carbonyl (C=O) groups excluding carboxylic acids is 1. The fourth-order valence-electron chi connectivity index (χ4n) is 3.99. The van der Waals surface area contributed by atoms with E-state index in [2.05, 4.69) is 13.8 Å². The van der Waals surface area contributed by atoms with Crippen molar-refractivity contribution in [2.24, 2.45) is 0 Å². The summed E-state index contributed by atoms with van der Waals surface area (Å²) in [5, 5.41) is 0. The van der Waals surface area contributed by atoms with Gasteiger partial charge in [-0.3, -0.25) is 4.79 Å². The van der Waals surface area contributed by atoms with Crippen molar-refractivity contribution in [3.8, 4) is 11.5 Å². The van der Waals surface area contributed by atoms with Crippen LogP contribution in [0, 0.1) is 0 Å². The lowest BCUT2D eigenvalue weighted by molar-refractivity contribution is -0.112. The van der Waals surface area contributed by atoms with Gasteiger partial charge in [0.05, 0.1) is 13.2 Å². The maximum atomic E-state index is 13.1. The van der Waals surface area contributed by atoms with Crippen LogP contribution in [0.25, 0.3) is 12.2 Å². The van der Waals surface area contributed by atoms with Crippen molar-refractivity contribution in [2.45, 2.75) is 71.6 Å². The molecule has 176 valence electrons. The van der Waals surface area contributed by atoms with Gasteiger partial charge in [0.1, 0.15) is 11.5 Å². The summed E-state index contributed by atoms with van der Waals surface area (Å²) in [6.45, 7) is 5.90. The molecule has 0 bridgehead atoms. The first-order valence-electron chi connectivity index (χ1n) is 12.6. The second-order valence-corrected chi connectivity index (χ2v) is 8.77. The molecule has 1 aliphatic rings. The summed E-state index contributed by atoms with van der Waals surface area (Å²) in [7, 11) is 0. The Labute approximate surface area is 199 Å². The van der Waals surface area contributed by atoms with E-state index < -0.39 is 0 Å². The van der Waals surface area contributed by atoms with E-state index in [9.17, 15) is 4.79 Å². The van der Waals surface area contributed by atoms with Gasteiger partial charge in [0.25, 0.3) is 0 Å². The number of ether oxygens (including phenoxy) is 2. The molecule has 0 unspecified atom stereocenters. The van der Waals surface area contributed by atoms with Gasteiger partial charge in [0, 0.05) is 11.1 Å². The summed E-state index contributed by atoms with van der Waals surface area (Å²) >= 11 is 0. The lowest BCUT2D eigenvalue weighted by atomic mass is 9.87. The first-order valence-corrected chi connectivity index (χ1v) is 12.6. The average Bonchev–Trinajstić information content (AvgIpc) is 2.84. The first kappa shape index (κ1) is 24.8. The third kappa shape index (κ3) is 8.24. The monoisotopic (exact) mass is 446 g/mol. The Morgan fingerprint density at radius 1 is 0.667 bits per heavy atom. The number of unbranched alkanes of at least 4 members (excludes halogenated alkanes) is 4. The molecule has 2 aromatic carbocycles. The van der Waals surface area contributed by atoms with Crippen LogP contribution in [0.2, 0.25) is 0 Å². The molecule has 1 fully saturated rings. The van der Waals surface area contributed by atoms with Crippen LogP contribution in [0.1, 0.15) is 82.8 Å². The second kappa shape index (κ2) is 13.7. The molecule has 3 nitrogen and oxygen atoms in total. The molecule has 0 spiro atoms. The van der Waals surface area contributed by atoms with Crippen LogP contribution in [0.3, 0.4) is 0 Å². The van der Waals surface area contributed by atoms with E-state index >= 15 is 0 Å². The first-order chi connectivity index (χ1) is 16.2. The summed E-state index contributed by atoms with van der Waals surface area (Å²) in [6.07, 6.45) is 13.7. The molecule has 0 aromatic heterocycles. The molecular weight excluding hydrogens is 408 g/mol. The topological polar surface area (TPSA) is 35.5 Å². The van der Waals surface area contributed by atoms with Crippen molar-refractivity contribution in [3.05, 3.63) is 70.8 Å². The van der Waals surface area contributed by atoms with Gasteiger partial charge >= 0.3 is 0 Å². The number of carbonyl (C=O) groups is 1. The number of ketones is 1. The van der Waals surface area contributed by atoms with E-state index in [1.54, 1.807) is 0 Å². The number of Topliss-reactive ketones (excluding diaryl/α,β-unsaturated/α-hetero) is 1. The minimum atomic E-state index is 0.168. The predicted molar refractivity (Wildman–Crippen MR) is 138 cm³/mol. The molecule has 2 aromatic rings. The minimum absolute atomic E-state index is 0.168. The summed E-state index contributed by atoms with van der Waals surface area (Å²) < 4.78 is 11.6. The summed E-state index contributed by atoms with van der Waals surface area (Å²) in [4.78, 5) is 13.1. The number of allylic oxidation sites excluding steroid dienone is 2. The molecule has 1 aliphatic carbocycles. The van der Waals surface area contributed by atoms with Crippen molar-refractivity contribution < 1.29 is 14.3 Å². The maximum Gasteiger partial charge on any atom is 0.185 e. The number of benzene rings is 2. The SMILES string of the molecule is CCCCCOc1ccc(C=C2CCCC(=Cc3ccc(OCCCCC)cc3)C2=O)cc1. The Morgan fingerprint density at radius 3 is 1.48 bits per heavy atom. The Morgan fingerprint density at radius 2 is 1.09 bits per heavy atom. The van der Waals surface area contributed by atoms with Gasteiger partial charge in [0.15, 0.2) is 5.78 Å². The standard InChI is InChI=1S/C30H38O3/c1-3-5-7-20-32-28-16-12-24(13-17-28)22-26-10-9-11-27(30(26)31)23-25-14-18-29(19-15-25)33-21-8-6-4-2/h12-19,22-23H,3-11,20-21H2,1-2H3. The molecule has 0 atom stereocenters. The van der Waals surface area contributed by atoms with Crippen LogP contribution in [-0.4, -0.2) is 19.0 Å². The van der Waals surface area contributed by atoms with E-state index in [1.165, 1.54) is 25.7 Å². The Balaban J connectivity index is 1.59. The predicted octanol–water partition coefficient (Wildman–Crippen LogP) is 8.04. The fourth-order valence-corrected chi connectivity index (χ4v) is 3.99. The van der Waals surface area contributed by atoms with E-state index in [0.717, 1.165) is 79.1 Å². The normalized spacial score (nSPS) is 16.4. The Kier molecular flexibility index (Phi) is 10.3. The lowest BCUT2D eigenvalue weighted by Gasteiger charge is -2.17. The molecule has 0 radical (unpaired) electrons. The van der Waals surface area contributed by atoms with E-state index in [1.807, 2.05) is 60.7 Å². The van der Waals surface area contributed by atoms with Crippen molar-refractivity contribution in [1.29, 1.82) is 0 Å². The van der Waals surface area contributed by atoms with E-state index in [-0.39, 0.29) is 5.78 Å². The molecule has 0 aliphatic heterocycles. The highest BCUT2D eigenvalue weighted by Gasteiger charge is 2.20. The molecule has 0 heterocycles. The van der Waals surface area contributed by atoms with Crippen molar-refractivity contribution >= 4 is 17.9 Å². The fraction of sp³-hybridized carbons (Fsp3) is 0.433. The van der Waals surface area contributed by atoms with Crippen LogP contribution < -0.4 is 9.47 Å². The highest BCUT2D eigenvalue weighted by atomic mass is 16.5. The highest BCUT2D eigenvalue weighted by Crippen LogP contribution is 2.29. The summed E-state index contributed by atoms with van der Waals surface area (Å²) in [5.41, 5.74) is 3.87. The van der Waals surface area contributed by atoms with Crippen LogP contribution in [-0.2, 0) is 4.79 Å². The quantitative estimate of drug-likeness (QED) is 0.244. The van der Waals surface area contributed by atoms with Crippen molar-refractivity contribution in [2.75, 3.05) is 13.2 Å². The van der Waals surface area contributed by atoms with Crippen LogP contribution in [0.5, 0.6) is 11.5 Å². The summed E-state index contributed by atoms with van der Waals surface area (Å²) in [6, 6.07) is 16.1. The van der Waals surface area contributed by atoms with Gasteiger partial charge in [-0.2, -0.15) is 0 Å². The third-order valence-corrected chi connectivity index (χ3v) is 5.95. The molecular formula is C30H38O3. The molecule has 0 saturated heterocycles. The Hall–Kier alpha value is -2.81. The third-order valence-electron chi connectivity index (χ3n) is 5.95. The van der Waals surface area contributed by atoms with Gasteiger partial charge in [0.2, 0.25) is 0 Å². The zero-order valence-electron chi connectivity index (χ0n) is 20.3. The van der Waals surface area contributed by atoms with Gasteiger partial charge < -0.3 is 9.47 Å². The molecule has 1 saturated carbocycles. The summed E-state index contributed by atoms with van der Waals surface area (Å²) in [5.74, 6) is 1.95. The van der Waals surface area contributed by atoms with Crippen LogP contribution in [0.15, 0.2) is 59.7 Å². The number of hydrogen-bond acceptors (Lipinski definition) is 3. The van der Waals surface area contributed by atoms with E-state index in [4.69, 9.17) is 9.47 Å². The van der Waals surface area contributed by atoms with Gasteiger partial charge in [-0.15, -0.1) is 0 Å². The van der Waals surface area contributed by atoms with Crippen LogP contribution >= 0.6 is 0 Å². The zero-order chi connectivity index (χ0) is 23.3. The highest BCUT2D eigenvalue weighted by molar-refractivity contribution is 6.13. The zero-order valence-corrected chi connectivity index (χ0v) is 20.3. The molecule has 0 amide bonds. The van der Waals surface area contributed by atoms with Gasteiger partial charge in [-0.25, -0.2) is 0 Å². The molecule has 3 heteroatoms. The number of hydrogen-bond donors (Lipinski definition) is 0. The second-order valence-electron chi connectivity index (χ2n) is 8.77. The average molecular weight is 447 g/mol. The number of rotatable bonds is 12. The Bertz CT molecular complexity index is 845. The van der Waals surface area contributed by atoms with Crippen LogP contribution in [0.4, 0.5) is 0 Å². The molecule has 33 heavy (non-hydrogen) atoms. The minimum Gasteiger partial charge on any atom is -0.494 e. The largest absolute Gasteiger partial charge is 0.494 e. The van der Waals surface area contributed by atoms with Gasteiger partial charge in [-0.1, -0.05) is 63.8 Å². The van der Waals surface area contributed by atoms with E-state index in [0.29, 0.717) is 0 Å². The smallest absolute Gasteiger partial charge is 0.185 e. The maximum absolute atomic E-state index is 13.1. The molecule has 3 rings (SSSR count).